The first-order chi connectivity index (χ1) is 14.3. The standard InChI is InChI=1S/C24H23F3N2O/c1-3-22-10-9-18(15-28-22)24(29-16-30,14-17-7-5-4-6-8-17)20-11-19(23(2,26)27)12-21(25)13-20/h4-13,15-16H,3,14H2,1-2H3,(H,29,30). The molecule has 30 heavy (non-hydrogen) atoms. The minimum absolute atomic E-state index is 0.223. The van der Waals surface area contributed by atoms with E-state index < -0.39 is 22.8 Å². The fourth-order valence-corrected chi connectivity index (χ4v) is 3.57. The Balaban J connectivity index is 2.26. The summed E-state index contributed by atoms with van der Waals surface area (Å²) >= 11 is 0. The zero-order chi connectivity index (χ0) is 21.8. The van der Waals surface area contributed by atoms with Gasteiger partial charge >= 0.3 is 0 Å². The quantitative estimate of drug-likeness (QED) is 0.522. The molecule has 0 radical (unpaired) electrons. The highest BCUT2D eigenvalue weighted by Gasteiger charge is 2.37. The van der Waals surface area contributed by atoms with Gasteiger partial charge in [0.05, 0.1) is 5.54 Å². The molecular formula is C24H23F3N2O. The number of amides is 1. The van der Waals surface area contributed by atoms with Crippen molar-refractivity contribution in [3.8, 4) is 0 Å². The molecule has 0 saturated heterocycles. The van der Waals surface area contributed by atoms with E-state index in [1.165, 1.54) is 12.1 Å². The monoisotopic (exact) mass is 412 g/mol. The molecule has 1 aromatic heterocycles. The van der Waals surface area contributed by atoms with Gasteiger partial charge in [-0.25, -0.2) is 13.2 Å². The Labute approximate surface area is 174 Å². The second-order valence-corrected chi connectivity index (χ2v) is 7.34. The zero-order valence-corrected chi connectivity index (χ0v) is 16.8. The minimum atomic E-state index is -3.24. The number of hydrogen-bond donors (Lipinski definition) is 1. The molecule has 1 atom stereocenters. The molecule has 1 unspecified atom stereocenters. The number of rotatable bonds is 8. The lowest BCUT2D eigenvalue weighted by Crippen LogP contribution is -2.45. The van der Waals surface area contributed by atoms with Crippen molar-refractivity contribution in [2.75, 3.05) is 0 Å². The molecule has 6 heteroatoms. The van der Waals surface area contributed by atoms with Crippen molar-refractivity contribution in [3.63, 3.8) is 0 Å². The summed E-state index contributed by atoms with van der Waals surface area (Å²) in [5.41, 5.74) is 0.761. The molecule has 1 heterocycles. The normalized spacial score (nSPS) is 13.5. The molecule has 0 aliphatic carbocycles. The van der Waals surface area contributed by atoms with Crippen LogP contribution in [0.2, 0.25) is 0 Å². The van der Waals surface area contributed by atoms with E-state index in [0.717, 1.165) is 30.7 Å². The lowest BCUT2D eigenvalue weighted by atomic mass is 9.77. The van der Waals surface area contributed by atoms with Gasteiger partial charge in [0.25, 0.3) is 5.92 Å². The third-order valence-corrected chi connectivity index (χ3v) is 5.19. The number of nitrogens with zero attached hydrogens (tertiary/aromatic N) is 1. The van der Waals surface area contributed by atoms with Gasteiger partial charge in [0, 0.05) is 36.4 Å². The number of alkyl halides is 2. The Morgan fingerprint density at radius 1 is 1.00 bits per heavy atom. The van der Waals surface area contributed by atoms with Crippen molar-refractivity contribution in [3.05, 3.63) is 101 Å². The predicted molar refractivity (Wildman–Crippen MR) is 110 cm³/mol. The average Bonchev–Trinajstić information content (AvgIpc) is 2.73. The first kappa shape index (κ1) is 21.6. The smallest absolute Gasteiger partial charge is 0.270 e. The summed E-state index contributed by atoms with van der Waals surface area (Å²) in [5.74, 6) is -4.03. The van der Waals surface area contributed by atoms with Crippen LogP contribution in [0.4, 0.5) is 13.2 Å². The lowest BCUT2D eigenvalue weighted by molar-refractivity contribution is -0.111. The molecule has 0 spiro atoms. The molecule has 1 N–H and O–H groups in total. The molecule has 0 saturated carbocycles. The van der Waals surface area contributed by atoms with Crippen LogP contribution in [0.15, 0.2) is 66.9 Å². The molecule has 3 aromatic rings. The number of nitrogens with one attached hydrogen (secondary N) is 1. The van der Waals surface area contributed by atoms with Crippen molar-refractivity contribution >= 4 is 6.41 Å². The van der Waals surface area contributed by atoms with Gasteiger partial charge in [0.15, 0.2) is 0 Å². The number of carbonyl (C=O) groups excluding carboxylic acids is 1. The maximum atomic E-state index is 14.4. The molecule has 0 aliphatic heterocycles. The van der Waals surface area contributed by atoms with E-state index in [2.05, 4.69) is 10.3 Å². The predicted octanol–water partition coefficient (Wildman–Crippen LogP) is 5.13. The van der Waals surface area contributed by atoms with Gasteiger partial charge in [-0.2, -0.15) is 0 Å². The van der Waals surface area contributed by atoms with Crippen LogP contribution in [0.25, 0.3) is 0 Å². The van der Waals surface area contributed by atoms with Gasteiger partial charge < -0.3 is 5.32 Å². The molecule has 0 bridgehead atoms. The topological polar surface area (TPSA) is 42.0 Å². The van der Waals surface area contributed by atoms with E-state index in [1.54, 1.807) is 12.3 Å². The highest BCUT2D eigenvalue weighted by molar-refractivity contribution is 5.55. The molecule has 3 nitrogen and oxygen atoms in total. The molecule has 2 aromatic carbocycles. The number of hydrogen-bond acceptors (Lipinski definition) is 2. The summed E-state index contributed by atoms with van der Waals surface area (Å²) in [6.45, 7) is 2.68. The molecule has 0 aliphatic rings. The maximum absolute atomic E-state index is 14.4. The third-order valence-electron chi connectivity index (χ3n) is 5.19. The van der Waals surface area contributed by atoms with Gasteiger partial charge in [-0.05, 0) is 41.8 Å². The first-order valence-electron chi connectivity index (χ1n) is 9.68. The van der Waals surface area contributed by atoms with Crippen LogP contribution in [0.3, 0.4) is 0 Å². The summed E-state index contributed by atoms with van der Waals surface area (Å²) in [6.07, 6.45) is 3.06. The van der Waals surface area contributed by atoms with Crippen LogP contribution in [-0.4, -0.2) is 11.4 Å². The molecule has 1 amide bonds. The summed E-state index contributed by atoms with van der Waals surface area (Å²) in [7, 11) is 0. The number of carbonyl (C=O) groups is 1. The minimum Gasteiger partial charge on any atom is -0.345 e. The van der Waals surface area contributed by atoms with Gasteiger partial charge in [-0.1, -0.05) is 43.3 Å². The van der Waals surface area contributed by atoms with Crippen LogP contribution in [0.1, 0.15) is 41.8 Å². The summed E-state index contributed by atoms with van der Waals surface area (Å²) in [4.78, 5) is 16.1. The van der Waals surface area contributed by atoms with Gasteiger partial charge in [0.1, 0.15) is 5.82 Å². The lowest BCUT2D eigenvalue weighted by Gasteiger charge is -2.35. The van der Waals surface area contributed by atoms with E-state index in [-0.39, 0.29) is 12.0 Å². The Bertz CT molecular complexity index is 1000. The van der Waals surface area contributed by atoms with Gasteiger partial charge in [-0.3, -0.25) is 9.78 Å². The Kier molecular flexibility index (Phi) is 6.25. The van der Waals surface area contributed by atoms with Gasteiger partial charge in [-0.15, -0.1) is 0 Å². The number of aryl methyl sites for hydroxylation is 1. The molecule has 3 rings (SSSR count). The Morgan fingerprint density at radius 2 is 1.70 bits per heavy atom. The second kappa shape index (κ2) is 8.69. The second-order valence-electron chi connectivity index (χ2n) is 7.34. The zero-order valence-electron chi connectivity index (χ0n) is 16.8. The first-order valence-corrected chi connectivity index (χ1v) is 9.68. The fourth-order valence-electron chi connectivity index (χ4n) is 3.57. The largest absolute Gasteiger partial charge is 0.345 e. The van der Waals surface area contributed by atoms with Crippen molar-refractivity contribution in [1.82, 2.24) is 10.3 Å². The summed E-state index contributed by atoms with van der Waals surface area (Å²) in [5, 5.41) is 2.79. The highest BCUT2D eigenvalue weighted by atomic mass is 19.3. The van der Waals surface area contributed by atoms with E-state index in [9.17, 15) is 18.0 Å². The van der Waals surface area contributed by atoms with E-state index in [4.69, 9.17) is 0 Å². The third kappa shape index (κ3) is 4.53. The van der Waals surface area contributed by atoms with Crippen LogP contribution >= 0.6 is 0 Å². The number of aromatic nitrogens is 1. The number of pyridine rings is 1. The van der Waals surface area contributed by atoms with Crippen LogP contribution < -0.4 is 5.32 Å². The summed E-state index contributed by atoms with van der Waals surface area (Å²) < 4.78 is 42.5. The van der Waals surface area contributed by atoms with Crippen molar-refractivity contribution in [2.24, 2.45) is 0 Å². The van der Waals surface area contributed by atoms with E-state index in [1.807, 2.05) is 43.3 Å². The van der Waals surface area contributed by atoms with Gasteiger partial charge in [0.2, 0.25) is 6.41 Å². The number of halogens is 3. The highest BCUT2D eigenvalue weighted by Crippen LogP contribution is 2.37. The molecule has 156 valence electrons. The number of benzene rings is 2. The maximum Gasteiger partial charge on any atom is 0.270 e. The van der Waals surface area contributed by atoms with Crippen LogP contribution in [0.5, 0.6) is 0 Å². The Hall–Kier alpha value is -3.15. The van der Waals surface area contributed by atoms with Crippen molar-refractivity contribution < 1.29 is 18.0 Å². The molecule has 0 fully saturated rings. The average molecular weight is 412 g/mol. The van der Waals surface area contributed by atoms with Crippen LogP contribution in [0, 0.1) is 5.82 Å². The SMILES string of the molecule is CCc1ccc(C(Cc2ccccc2)(NC=O)c2cc(F)cc(C(C)(F)F)c2)cn1. The summed E-state index contributed by atoms with van der Waals surface area (Å²) in [6, 6.07) is 16.1. The fraction of sp³-hybridized carbons (Fsp3) is 0.250. The van der Waals surface area contributed by atoms with Crippen molar-refractivity contribution in [2.45, 2.75) is 38.2 Å². The van der Waals surface area contributed by atoms with E-state index >= 15 is 0 Å². The van der Waals surface area contributed by atoms with Crippen molar-refractivity contribution in [1.29, 1.82) is 0 Å². The Morgan fingerprint density at radius 3 is 2.27 bits per heavy atom. The molecular weight excluding hydrogens is 389 g/mol. The van der Waals surface area contributed by atoms with Crippen LogP contribution in [-0.2, 0) is 29.1 Å². The van der Waals surface area contributed by atoms with E-state index in [0.29, 0.717) is 12.0 Å².